The normalized spacial score (nSPS) is 12.8. The van der Waals surface area contributed by atoms with Crippen molar-refractivity contribution >= 4 is 0 Å². The zero-order valence-corrected chi connectivity index (χ0v) is 32.5. The minimum Gasteiger partial charge on any atom is -0.0654 e. The lowest BCUT2D eigenvalue weighted by molar-refractivity contribution is 0.428. The van der Waals surface area contributed by atoms with E-state index in [1.165, 1.54) is 204 Å². The Morgan fingerprint density at radius 3 is 1.29 bits per heavy atom. The quantitative estimate of drug-likeness (QED) is 0.0657. The SMILES string of the molecule is [CH2]CCCCC(CCCCCCCCC(C)CCCCCCCCCCCCCCCc1ccccc1)c1ccc(CCCCC)cc1. The summed E-state index contributed by atoms with van der Waals surface area (Å²) < 4.78 is 0. The minimum atomic E-state index is 0.753. The predicted octanol–water partition coefficient (Wildman–Crippen LogP) is 16.4. The fraction of sp³-hybridized carbons (Fsp3) is 0.729. The molecule has 48 heavy (non-hydrogen) atoms. The molecule has 0 nitrogen and oxygen atoms in total. The summed E-state index contributed by atoms with van der Waals surface area (Å²) in [6, 6.07) is 20.7. The van der Waals surface area contributed by atoms with E-state index >= 15 is 0 Å². The summed E-state index contributed by atoms with van der Waals surface area (Å²) in [5.41, 5.74) is 4.63. The first-order valence-corrected chi connectivity index (χ1v) is 21.6. The van der Waals surface area contributed by atoms with E-state index in [-0.39, 0.29) is 0 Å². The predicted molar refractivity (Wildman–Crippen MR) is 217 cm³/mol. The Kier molecular flexibility index (Phi) is 27.9. The van der Waals surface area contributed by atoms with E-state index in [0.29, 0.717) is 0 Å². The Hall–Kier alpha value is -1.56. The average Bonchev–Trinajstić information content (AvgIpc) is 3.11. The molecule has 0 aliphatic rings. The van der Waals surface area contributed by atoms with Crippen LogP contribution in [0.1, 0.15) is 223 Å². The van der Waals surface area contributed by atoms with Crippen molar-refractivity contribution in [3.8, 4) is 0 Å². The summed E-state index contributed by atoms with van der Waals surface area (Å²) in [5.74, 6) is 1.68. The molecule has 0 aliphatic heterocycles. The number of hydrogen-bond acceptors (Lipinski definition) is 0. The second-order valence-corrected chi connectivity index (χ2v) is 15.7. The molecule has 0 heteroatoms. The molecule has 2 rings (SSSR count). The number of hydrogen-bond donors (Lipinski definition) is 0. The maximum atomic E-state index is 4.07. The largest absolute Gasteiger partial charge is 0.0654 e. The van der Waals surface area contributed by atoms with Gasteiger partial charge in [-0.15, -0.1) is 0 Å². The van der Waals surface area contributed by atoms with Crippen LogP contribution in [-0.2, 0) is 12.8 Å². The van der Waals surface area contributed by atoms with Crippen LogP contribution in [-0.4, -0.2) is 0 Å². The highest BCUT2D eigenvalue weighted by Crippen LogP contribution is 2.29. The van der Waals surface area contributed by atoms with Gasteiger partial charge in [-0.2, -0.15) is 0 Å². The molecule has 0 saturated carbocycles. The molecule has 0 amide bonds. The Labute approximate surface area is 302 Å². The molecule has 0 bridgehead atoms. The molecule has 0 aromatic heterocycles. The summed E-state index contributed by atoms with van der Waals surface area (Å²) in [5, 5.41) is 0. The molecule has 0 fully saturated rings. The van der Waals surface area contributed by atoms with Gasteiger partial charge in [-0.25, -0.2) is 0 Å². The summed E-state index contributed by atoms with van der Waals surface area (Å²) in [6.07, 6.45) is 43.3. The van der Waals surface area contributed by atoms with Crippen molar-refractivity contribution in [3.05, 3.63) is 78.2 Å². The van der Waals surface area contributed by atoms with Crippen molar-refractivity contribution in [2.75, 3.05) is 0 Å². The van der Waals surface area contributed by atoms with E-state index in [2.05, 4.69) is 75.4 Å². The van der Waals surface area contributed by atoms with Crippen LogP contribution >= 0.6 is 0 Å². The third-order valence-corrected chi connectivity index (χ3v) is 11.1. The summed E-state index contributed by atoms with van der Waals surface area (Å²) in [4.78, 5) is 0. The van der Waals surface area contributed by atoms with Crippen molar-refractivity contribution in [1.82, 2.24) is 0 Å². The van der Waals surface area contributed by atoms with E-state index in [4.69, 9.17) is 0 Å². The van der Waals surface area contributed by atoms with Gasteiger partial charge >= 0.3 is 0 Å². The third kappa shape index (κ3) is 23.7. The fourth-order valence-corrected chi connectivity index (χ4v) is 7.73. The van der Waals surface area contributed by atoms with Gasteiger partial charge in [0, 0.05) is 0 Å². The molecule has 0 saturated heterocycles. The molecule has 0 heterocycles. The monoisotopic (exact) mass is 658 g/mol. The van der Waals surface area contributed by atoms with Gasteiger partial charge < -0.3 is 0 Å². The Morgan fingerprint density at radius 1 is 0.417 bits per heavy atom. The zero-order valence-electron chi connectivity index (χ0n) is 32.5. The van der Waals surface area contributed by atoms with Gasteiger partial charge in [-0.1, -0.05) is 236 Å². The maximum Gasteiger partial charge on any atom is -0.0162 e. The standard InChI is InChI=1S/C48H81/c1-4-6-24-34-46-40-42-48(43-41-46)47(38-25-7-5-2)39-31-22-18-17-20-27-33-44(3)32-26-19-15-13-11-9-8-10-12-14-16-21-28-35-45-36-29-23-30-37-45/h23,29-30,36-37,40-44,47H,2,4-22,24-28,31-35,38-39H2,1,3H3. The topological polar surface area (TPSA) is 0 Å². The van der Waals surface area contributed by atoms with E-state index in [9.17, 15) is 0 Å². The van der Waals surface area contributed by atoms with Crippen LogP contribution in [0.3, 0.4) is 0 Å². The van der Waals surface area contributed by atoms with Crippen LogP contribution in [0.2, 0.25) is 0 Å². The molecule has 2 atom stereocenters. The van der Waals surface area contributed by atoms with Gasteiger partial charge in [0.05, 0.1) is 0 Å². The zero-order chi connectivity index (χ0) is 34.2. The molecule has 0 N–H and O–H groups in total. The first-order valence-electron chi connectivity index (χ1n) is 21.6. The highest BCUT2D eigenvalue weighted by Gasteiger charge is 2.11. The molecule has 1 radical (unpaired) electrons. The van der Waals surface area contributed by atoms with Crippen LogP contribution < -0.4 is 0 Å². The smallest absolute Gasteiger partial charge is 0.0162 e. The molecule has 0 spiro atoms. The Morgan fingerprint density at radius 2 is 0.812 bits per heavy atom. The van der Waals surface area contributed by atoms with Crippen LogP contribution in [0.5, 0.6) is 0 Å². The summed E-state index contributed by atoms with van der Waals surface area (Å²) >= 11 is 0. The average molecular weight is 658 g/mol. The molecule has 2 aromatic carbocycles. The van der Waals surface area contributed by atoms with E-state index in [1.54, 1.807) is 5.56 Å². The number of benzene rings is 2. The summed E-state index contributed by atoms with van der Waals surface area (Å²) in [6.45, 7) is 8.88. The first-order chi connectivity index (χ1) is 23.7. The van der Waals surface area contributed by atoms with Crippen molar-refractivity contribution in [2.24, 2.45) is 5.92 Å². The van der Waals surface area contributed by atoms with Crippen LogP contribution in [0, 0.1) is 12.8 Å². The van der Waals surface area contributed by atoms with E-state index in [0.717, 1.165) is 18.3 Å². The van der Waals surface area contributed by atoms with Gasteiger partial charge in [-0.3, -0.25) is 0 Å². The second kappa shape index (κ2) is 31.4. The van der Waals surface area contributed by atoms with Crippen molar-refractivity contribution < 1.29 is 0 Å². The highest BCUT2D eigenvalue weighted by molar-refractivity contribution is 5.25. The lowest BCUT2D eigenvalue weighted by Crippen LogP contribution is -2.00. The third-order valence-electron chi connectivity index (χ3n) is 11.1. The molecular formula is C48H81. The fourth-order valence-electron chi connectivity index (χ4n) is 7.73. The van der Waals surface area contributed by atoms with Crippen molar-refractivity contribution in [2.45, 2.75) is 219 Å². The van der Waals surface area contributed by atoms with E-state index < -0.39 is 0 Å². The van der Waals surface area contributed by atoms with Crippen LogP contribution in [0.4, 0.5) is 0 Å². The molecular weight excluding hydrogens is 577 g/mol. The number of rotatable bonds is 34. The molecule has 2 aromatic rings. The van der Waals surface area contributed by atoms with Gasteiger partial charge in [0.1, 0.15) is 0 Å². The van der Waals surface area contributed by atoms with Crippen molar-refractivity contribution in [1.29, 1.82) is 0 Å². The van der Waals surface area contributed by atoms with Gasteiger partial charge in [0.2, 0.25) is 0 Å². The lowest BCUT2D eigenvalue weighted by Gasteiger charge is -2.18. The molecule has 273 valence electrons. The Bertz CT molecular complexity index is 911. The Balaban J connectivity index is 1.35. The molecule has 0 aliphatic carbocycles. The highest BCUT2D eigenvalue weighted by atomic mass is 14.2. The van der Waals surface area contributed by atoms with Crippen LogP contribution in [0.25, 0.3) is 0 Å². The van der Waals surface area contributed by atoms with Gasteiger partial charge in [-0.05, 0) is 67.1 Å². The van der Waals surface area contributed by atoms with E-state index in [1.807, 2.05) is 0 Å². The first kappa shape index (κ1) is 42.6. The van der Waals surface area contributed by atoms with Gasteiger partial charge in [0.25, 0.3) is 0 Å². The number of aryl methyl sites for hydroxylation is 2. The lowest BCUT2D eigenvalue weighted by atomic mass is 9.87. The molecule has 2 unspecified atom stereocenters. The summed E-state index contributed by atoms with van der Waals surface area (Å²) in [7, 11) is 0. The van der Waals surface area contributed by atoms with Gasteiger partial charge in [0.15, 0.2) is 0 Å². The minimum absolute atomic E-state index is 0.753. The number of unbranched alkanes of at least 4 members (excludes halogenated alkanes) is 21. The second-order valence-electron chi connectivity index (χ2n) is 15.7. The van der Waals surface area contributed by atoms with Crippen molar-refractivity contribution in [3.63, 3.8) is 0 Å². The maximum absolute atomic E-state index is 4.07. The van der Waals surface area contributed by atoms with Crippen LogP contribution in [0.15, 0.2) is 54.6 Å².